The highest BCUT2D eigenvalue weighted by Crippen LogP contribution is 2.26. The molecule has 0 spiro atoms. The monoisotopic (exact) mass is 512 g/mol. The van der Waals surface area contributed by atoms with E-state index in [9.17, 15) is 18.0 Å². The number of carbonyl (C=O) groups is 2. The fourth-order valence-corrected chi connectivity index (χ4v) is 3.91. The molecule has 1 aliphatic heterocycles. The van der Waals surface area contributed by atoms with Crippen LogP contribution in [0.4, 0.5) is 13.2 Å². The summed E-state index contributed by atoms with van der Waals surface area (Å²) >= 11 is 0. The maximum atomic E-state index is 12.8. The van der Waals surface area contributed by atoms with Crippen LogP contribution >= 0.6 is 0 Å². The van der Waals surface area contributed by atoms with Crippen molar-refractivity contribution in [3.63, 3.8) is 0 Å². The molecule has 4 aromatic rings. The van der Waals surface area contributed by atoms with Gasteiger partial charge in [-0.05, 0) is 29.7 Å². The Kier molecular flexibility index (Phi) is 7.83. The summed E-state index contributed by atoms with van der Waals surface area (Å²) in [5.41, 5.74) is 4.72. The Morgan fingerprint density at radius 2 is 1.78 bits per heavy atom. The molecule has 1 atom stereocenters. The highest BCUT2D eigenvalue weighted by Gasteiger charge is 2.38. The zero-order chi connectivity index (χ0) is 26.4. The van der Waals surface area contributed by atoms with Gasteiger partial charge in [0.2, 0.25) is 0 Å². The van der Waals surface area contributed by atoms with Gasteiger partial charge in [0, 0.05) is 24.3 Å². The van der Waals surface area contributed by atoms with Gasteiger partial charge in [0.25, 0.3) is 5.91 Å². The van der Waals surface area contributed by atoms with Gasteiger partial charge >= 0.3 is 12.1 Å². The molecule has 0 radical (unpaired) electrons. The van der Waals surface area contributed by atoms with E-state index in [0.717, 1.165) is 29.6 Å². The average molecular weight is 512 g/mol. The highest BCUT2D eigenvalue weighted by molar-refractivity contribution is 6.05. The van der Waals surface area contributed by atoms with Gasteiger partial charge in [-0.15, -0.1) is 0 Å². The number of hydrogen-bond acceptors (Lipinski definition) is 5. The van der Waals surface area contributed by atoms with E-state index < -0.39 is 12.1 Å². The topological polar surface area (TPSA) is 106 Å². The molecule has 0 fully saturated rings. The molecular weight excluding hydrogens is 489 g/mol. The van der Waals surface area contributed by atoms with E-state index in [1.165, 1.54) is 11.1 Å². The molecule has 8 nitrogen and oxygen atoms in total. The third-order valence-corrected chi connectivity index (χ3v) is 5.64. The van der Waals surface area contributed by atoms with Crippen molar-refractivity contribution in [2.45, 2.75) is 25.2 Å². The molecule has 3 heterocycles. The third kappa shape index (κ3) is 6.50. The van der Waals surface area contributed by atoms with Crippen LogP contribution in [0.15, 0.2) is 73.1 Å². The number of fused-ring (bicyclic) bond motifs is 2. The van der Waals surface area contributed by atoms with Gasteiger partial charge in [-0.2, -0.15) is 18.3 Å². The van der Waals surface area contributed by atoms with Crippen molar-refractivity contribution in [1.82, 2.24) is 20.1 Å². The standard InChI is InChI=1S/C24H22N4O2.C2HF3O2/c29-24(20-10-12-25-21-9-5-4-8-19(20)21)26-14-22-23-18(11-13-30-22)16-28(27-23)15-17-6-2-1-3-7-17;3-2(4,5)1(6)7/h1-10,12,16,22H,11,13-15H2,(H,26,29);(H,6,7). The molecule has 37 heavy (non-hydrogen) atoms. The Hall–Kier alpha value is -4.25. The maximum Gasteiger partial charge on any atom is 0.490 e. The van der Waals surface area contributed by atoms with Crippen LogP contribution in [0.3, 0.4) is 0 Å². The number of aliphatic carboxylic acids is 1. The number of hydrogen-bond donors (Lipinski definition) is 2. The minimum absolute atomic E-state index is 0.131. The number of rotatable bonds is 5. The molecule has 0 saturated heterocycles. The number of halogens is 3. The van der Waals surface area contributed by atoms with Gasteiger partial charge in [-0.1, -0.05) is 48.5 Å². The lowest BCUT2D eigenvalue weighted by molar-refractivity contribution is -0.192. The molecule has 2 aromatic heterocycles. The van der Waals surface area contributed by atoms with Crippen molar-refractivity contribution in [3.8, 4) is 0 Å². The quantitative estimate of drug-likeness (QED) is 0.416. The number of alkyl halides is 3. The first-order chi connectivity index (χ1) is 17.7. The zero-order valence-corrected chi connectivity index (χ0v) is 19.5. The van der Waals surface area contributed by atoms with Crippen LogP contribution in [0, 0.1) is 0 Å². The van der Waals surface area contributed by atoms with Crippen molar-refractivity contribution in [2.75, 3.05) is 13.2 Å². The summed E-state index contributed by atoms with van der Waals surface area (Å²) < 4.78 is 39.6. The van der Waals surface area contributed by atoms with Gasteiger partial charge < -0.3 is 15.2 Å². The van der Waals surface area contributed by atoms with Crippen molar-refractivity contribution < 1.29 is 32.6 Å². The summed E-state index contributed by atoms with van der Waals surface area (Å²) in [6.45, 7) is 1.73. The summed E-state index contributed by atoms with van der Waals surface area (Å²) in [6, 6.07) is 19.7. The lowest BCUT2D eigenvalue weighted by Gasteiger charge is -2.22. The Balaban J connectivity index is 0.000000405. The third-order valence-electron chi connectivity index (χ3n) is 5.64. The van der Waals surface area contributed by atoms with E-state index in [0.29, 0.717) is 18.7 Å². The predicted molar refractivity (Wildman–Crippen MR) is 128 cm³/mol. The van der Waals surface area contributed by atoms with Gasteiger partial charge in [0.1, 0.15) is 6.10 Å². The lowest BCUT2D eigenvalue weighted by Crippen LogP contribution is -2.32. The number of pyridine rings is 1. The number of carbonyl (C=O) groups excluding carboxylic acids is 1. The maximum absolute atomic E-state index is 12.8. The zero-order valence-electron chi connectivity index (χ0n) is 19.5. The Bertz CT molecular complexity index is 1380. The van der Waals surface area contributed by atoms with E-state index in [1.807, 2.05) is 47.1 Å². The van der Waals surface area contributed by atoms with E-state index in [1.54, 1.807) is 12.3 Å². The SMILES string of the molecule is O=C(NCC1OCCc2cn(Cc3ccccc3)nc21)c1ccnc2ccccc12.O=C(O)C(F)(F)F. The molecule has 192 valence electrons. The summed E-state index contributed by atoms with van der Waals surface area (Å²) in [5.74, 6) is -2.89. The van der Waals surface area contributed by atoms with Gasteiger partial charge in [0.15, 0.2) is 0 Å². The molecule has 0 bridgehead atoms. The molecule has 0 saturated carbocycles. The van der Waals surface area contributed by atoms with E-state index in [2.05, 4.69) is 28.6 Å². The fourth-order valence-electron chi connectivity index (χ4n) is 3.91. The Morgan fingerprint density at radius 1 is 1.08 bits per heavy atom. The number of benzene rings is 2. The number of ether oxygens (including phenoxy) is 1. The first-order valence-electron chi connectivity index (χ1n) is 11.4. The molecule has 2 N–H and O–H groups in total. The molecule has 2 aromatic carbocycles. The minimum Gasteiger partial charge on any atom is -0.475 e. The number of carboxylic acid groups (broad SMARTS) is 1. The number of nitrogens with zero attached hydrogens (tertiary/aromatic N) is 3. The van der Waals surface area contributed by atoms with Crippen LogP contribution in [0.25, 0.3) is 10.9 Å². The van der Waals surface area contributed by atoms with E-state index in [-0.39, 0.29) is 12.0 Å². The van der Waals surface area contributed by atoms with Crippen molar-refractivity contribution >= 4 is 22.8 Å². The lowest BCUT2D eigenvalue weighted by atomic mass is 10.1. The van der Waals surface area contributed by atoms with Crippen LogP contribution in [-0.4, -0.2) is 51.1 Å². The summed E-state index contributed by atoms with van der Waals surface area (Å²) in [6.07, 6.45) is -0.736. The summed E-state index contributed by atoms with van der Waals surface area (Å²) in [5, 5.41) is 15.7. The first kappa shape index (κ1) is 25.8. The largest absolute Gasteiger partial charge is 0.490 e. The Labute approximate surface area is 209 Å². The van der Waals surface area contributed by atoms with E-state index >= 15 is 0 Å². The molecular formula is C26H23F3N4O4. The minimum atomic E-state index is -5.08. The van der Waals surface area contributed by atoms with Crippen LogP contribution in [0.2, 0.25) is 0 Å². The summed E-state index contributed by atoms with van der Waals surface area (Å²) in [7, 11) is 0. The fraction of sp³-hybridized carbons (Fsp3) is 0.231. The van der Waals surface area contributed by atoms with Crippen molar-refractivity contribution in [2.24, 2.45) is 0 Å². The highest BCUT2D eigenvalue weighted by atomic mass is 19.4. The molecule has 1 unspecified atom stereocenters. The van der Waals surface area contributed by atoms with Crippen molar-refractivity contribution in [1.29, 1.82) is 0 Å². The van der Waals surface area contributed by atoms with Gasteiger partial charge in [-0.3, -0.25) is 14.5 Å². The second-order valence-electron chi connectivity index (χ2n) is 8.22. The van der Waals surface area contributed by atoms with E-state index in [4.69, 9.17) is 19.7 Å². The smallest absolute Gasteiger partial charge is 0.475 e. The number of nitrogens with one attached hydrogen (secondary N) is 1. The van der Waals surface area contributed by atoms with Crippen LogP contribution < -0.4 is 5.32 Å². The number of aromatic nitrogens is 3. The molecule has 5 rings (SSSR count). The normalized spacial score (nSPS) is 14.8. The second-order valence-corrected chi connectivity index (χ2v) is 8.22. The second kappa shape index (κ2) is 11.2. The number of para-hydroxylation sites is 1. The van der Waals surface area contributed by atoms with Crippen LogP contribution in [0.1, 0.15) is 33.3 Å². The first-order valence-corrected chi connectivity index (χ1v) is 11.4. The molecule has 11 heteroatoms. The number of carboxylic acids is 1. The van der Waals surface area contributed by atoms with Crippen LogP contribution in [-0.2, 0) is 22.5 Å². The van der Waals surface area contributed by atoms with Crippen molar-refractivity contribution in [3.05, 3.63) is 95.4 Å². The molecule has 1 aliphatic rings. The summed E-state index contributed by atoms with van der Waals surface area (Å²) in [4.78, 5) is 26.1. The number of amides is 1. The Morgan fingerprint density at radius 3 is 2.51 bits per heavy atom. The van der Waals surface area contributed by atoms with Gasteiger partial charge in [-0.25, -0.2) is 4.79 Å². The molecule has 0 aliphatic carbocycles. The molecule has 1 amide bonds. The predicted octanol–water partition coefficient (Wildman–Crippen LogP) is 4.16. The van der Waals surface area contributed by atoms with Crippen LogP contribution in [0.5, 0.6) is 0 Å². The van der Waals surface area contributed by atoms with Gasteiger partial charge in [0.05, 0.1) is 29.9 Å². The average Bonchev–Trinajstić information content (AvgIpc) is 3.30.